The molecular weight excluding hydrogens is 372 g/mol. The first-order chi connectivity index (χ1) is 13.2. The van der Waals surface area contributed by atoms with E-state index in [-0.39, 0.29) is 25.0 Å². The van der Waals surface area contributed by atoms with E-state index in [0.29, 0.717) is 28.2 Å². The highest BCUT2D eigenvalue weighted by molar-refractivity contribution is 6.30. The number of amides is 2. The summed E-state index contributed by atoms with van der Waals surface area (Å²) in [5, 5.41) is 6.30. The van der Waals surface area contributed by atoms with Crippen molar-refractivity contribution in [1.29, 1.82) is 0 Å². The van der Waals surface area contributed by atoms with Crippen LogP contribution in [0.5, 0.6) is 17.5 Å². The molecule has 1 fully saturated rings. The summed E-state index contributed by atoms with van der Waals surface area (Å²) in [5.74, 6) is 1.32. The van der Waals surface area contributed by atoms with Crippen molar-refractivity contribution in [3.8, 4) is 17.5 Å². The number of aromatic nitrogens is 2. The molecule has 2 aromatic rings. The molecule has 8 nitrogen and oxygen atoms in total. The molecule has 2 amide bonds. The number of urea groups is 1. The van der Waals surface area contributed by atoms with Crippen LogP contribution in [0, 0.1) is 0 Å². The van der Waals surface area contributed by atoms with Crippen LogP contribution in [0.3, 0.4) is 0 Å². The number of halogens is 1. The van der Waals surface area contributed by atoms with Crippen LogP contribution in [0.1, 0.15) is 25.7 Å². The number of benzene rings is 1. The van der Waals surface area contributed by atoms with E-state index in [0.717, 1.165) is 25.7 Å². The summed E-state index contributed by atoms with van der Waals surface area (Å²) < 4.78 is 16.3. The minimum atomic E-state index is -0.237. The third-order valence-corrected chi connectivity index (χ3v) is 4.70. The van der Waals surface area contributed by atoms with Gasteiger partial charge in [-0.2, -0.15) is 0 Å². The van der Waals surface area contributed by atoms with Crippen molar-refractivity contribution < 1.29 is 19.0 Å². The van der Waals surface area contributed by atoms with E-state index in [2.05, 4.69) is 20.6 Å². The Labute approximate surface area is 161 Å². The summed E-state index contributed by atoms with van der Waals surface area (Å²) >= 11 is 5.77. The Bertz CT molecular complexity index is 810. The highest BCUT2D eigenvalue weighted by Gasteiger charge is 2.24. The van der Waals surface area contributed by atoms with Gasteiger partial charge in [0, 0.05) is 17.8 Å². The van der Waals surface area contributed by atoms with Gasteiger partial charge in [-0.3, -0.25) is 0 Å². The molecule has 0 radical (unpaired) electrons. The van der Waals surface area contributed by atoms with E-state index in [1.165, 1.54) is 12.4 Å². The third-order valence-electron chi connectivity index (χ3n) is 4.51. The number of nitrogens with zero attached hydrogens (tertiary/aromatic N) is 2. The Kier molecular flexibility index (Phi) is 5.15. The van der Waals surface area contributed by atoms with Crippen LogP contribution < -0.4 is 24.8 Å². The molecule has 2 heterocycles. The summed E-state index contributed by atoms with van der Waals surface area (Å²) in [6.45, 7) is 0.206. The van der Waals surface area contributed by atoms with Crippen molar-refractivity contribution in [3.63, 3.8) is 0 Å². The predicted molar refractivity (Wildman–Crippen MR) is 98.4 cm³/mol. The first kappa shape index (κ1) is 17.7. The Morgan fingerprint density at radius 1 is 1.11 bits per heavy atom. The van der Waals surface area contributed by atoms with Crippen LogP contribution in [0.15, 0.2) is 30.6 Å². The van der Waals surface area contributed by atoms with Gasteiger partial charge < -0.3 is 24.8 Å². The molecule has 1 aliphatic carbocycles. The second kappa shape index (κ2) is 7.87. The SMILES string of the molecule is O=C(Nc1ccc2c(c1)OCO2)NC1CCC(Oc2ncc(Cl)cn2)CC1. The smallest absolute Gasteiger partial charge is 0.319 e. The molecule has 1 aromatic heterocycles. The van der Waals surface area contributed by atoms with Gasteiger partial charge in [-0.15, -0.1) is 0 Å². The maximum absolute atomic E-state index is 12.2. The zero-order valence-electron chi connectivity index (χ0n) is 14.5. The summed E-state index contributed by atoms with van der Waals surface area (Å²) in [5.41, 5.74) is 0.661. The van der Waals surface area contributed by atoms with Crippen molar-refractivity contribution in [1.82, 2.24) is 15.3 Å². The number of anilines is 1. The number of carbonyl (C=O) groups excluding carboxylic acids is 1. The standard InChI is InChI=1S/C18H19ClN4O4/c19-11-8-20-18(21-9-11)27-14-4-1-12(2-5-14)22-17(24)23-13-3-6-15-16(7-13)26-10-25-15/h3,6-9,12,14H,1-2,4-5,10H2,(H2,22,23,24). The Morgan fingerprint density at radius 2 is 1.85 bits per heavy atom. The molecule has 0 unspecified atom stereocenters. The topological polar surface area (TPSA) is 94.6 Å². The van der Waals surface area contributed by atoms with Gasteiger partial charge in [0.25, 0.3) is 0 Å². The Morgan fingerprint density at radius 3 is 2.63 bits per heavy atom. The Balaban J connectivity index is 1.23. The first-order valence-electron chi connectivity index (χ1n) is 8.77. The van der Waals surface area contributed by atoms with Crippen molar-refractivity contribution in [2.24, 2.45) is 0 Å². The van der Waals surface area contributed by atoms with E-state index in [1.807, 2.05) is 0 Å². The number of carbonyl (C=O) groups is 1. The van der Waals surface area contributed by atoms with Gasteiger partial charge in [0.15, 0.2) is 11.5 Å². The van der Waals surface area contributed by atoms with E-state index in [1.54, 1.807) is 18.2 Å². The lowest BCUT2D eigenvalue weighted by atomic mass is 9.93. The summed E-state index contributed by atoms with van der Waals surface area (Å²) in [6, 6.07) is 5.50. The molecule has 0 atom stereocenters. The largest absolute Gasteiger partial charge is 0.460 e. The van der Waals surface area contributed by atoms with E-state index >= 15 is 0 Å². The maximum Gasteiger partial charge on any atom is 0.319 e. The molecule has 0 bridgehead atoms. The van der Waals surface area contributed by atoms with Gasteiger partial charge in [-0.25, -0.2) is 14.8 Å². The number of fused-ring (bicyclic) bond motifs is 1. The number of rotatable bonds is 4. The molecule has 0 spiro atoms. The zero-order chi connectivity index (χ0) is 18.6. The minimum absolute atomic E-state index is 0.0427. The lowest BCUT2D eigenvalue weighted by Crippen LogP contribution is -2.41. The van der Waals surface area contributed by atoms with Crippen LogP contribution in [-0.2, 0) is 0 Å². The van der Waals surface area contributed by atoms with Crippen LogP contribution >= 0.6 is 11.6 Å². The number of hydrogen-bond acceptors (Lipinski definition) is 6. The Hall–Kier alpha value is -2.74. The van der Waals surface area contributed by atoms with Crippen molar-refractivity contribution in [3.05, 3.63) is 35.6 Å². The molecule has 4 rings (SSSR count). The minimum Gasteiger partial charge on any atom is -0.460 e. The van der Waals surface area contributed by atoms with Gasteiger partial charge in [0.2, 0.25) is 6.79 Å². The van der Waals surface area contributed by atoms with Crippen LogP contribution in [-0.4, -0.2) is 34.9 Å². The molecule has 2 aliphatic rings. The van der Waals surface area contributed by atoms with E-state index in [9.17, 15) is 4.79 Å². The maximum atomic E-state index is 12.2. The second-order valence-electron chi connectivity index (χ2n) is 6.44. The molecule has 1 saturated carbocycles. The monoisotopic (exact) mass is 390 g/mol. The molecule has 27 heavy (non-hydrogen) atoms. The molecule has 1 aromatic carbocycles. The van der Waals surface area contributed by atoms with E-state index < -0.39 is 0 Å². The fourth-order valence-electron chi connectivity index (χ4n) is 3.16. The fraction of sp³-hybridized carbons (Fsp3) is 0.389. The van der Waals surface area contributed by atoms with Gasteiger partial charge >= 0.3 is 12.0 Å². The predicted octanol–water partition coefficient (Wildman–Crippen LogP) is 3.37. The molecule has 9 heteroatoms. The lowest BCUT2D eigenvalue weighted by molar-refractivity contribution is 0.129. The fourth-order valence-corrected chi connectivity index (χ4v) is 3.26. The zero-order valence-corrected chi connectivity index (χ0v) is 15.2. The molecule has 1 aliphatic heterocycles. The highest BCUT2D eigenvalue weighted by Crippen LogP contribution is 2.34. The number of ether oxygens (including phenoxy) is 3. The second-order valence-corrected chi connectivity index (χ2v) is 6.88. The lowest BCUT2D eigenvalue weighted by Gasteiger charge is -2.28. The number of hydrogen-bond donors (Lipinski definition) is 2. The normalized spacial score (nSPS) is 20.8. The summed E-state index contributed by atoms with van der Waals surface area (Å²) in [7, 11) is 0. The molecule has 142 valence electrons. The van der Waals surface area contributed by atoms with Crippen LogP contribution in [0.4, 0.5) is 10.5 Å². The van der Waals surface area contributed by atoms with E-state index in [4.69, 9.17) is 25.8 Å². The quantitative estimate of drug-likeness (QED) is 0.831. The van der Waals surface area contributed by atoms with Gasteiger partial charge in [-0.05, 0) is 37.8 Å². The molecule has 0 saturated heterocycles. The van der Waals surface area contributed by atoms with Crippen molar-refractivity contribution >= 4 is 23.3 Å². The third kappa shape index (κ3) is 4.51. The van der Waals surface area contributed by atoms with Gasteiger partial charge in [0.05, 0.1) is 17.4 Å². The first-order valence-corrected chi connectivity index (χ1v) is 9.15. The van der Waals surface area contributed by atoms with Crippen molar-refractivity contribution in [2.45, 2.75) is 37.8 Å². The van der Waals surface area contributed by atoms with Crippen LogP contribution in [0.25, 0.3) is 0 Å². The summed E-state index contributed by atoms with van der Waals surface area (Å²) in [6.07, 6.45) is 6.36. The summed E-state index contributed by atoms with van der Waals surface area (Å²) in [4.78, 5) is 20.3. The van der Waals surface area contributed by atoms with Crippen molar-refractivity contribution in [2.75, 3.05) is 12.1 Å². The highest BCUT2D eigenvalue weighted by atomic mass is 35.5. The average Bonchev–Trinajstić information content (AvgIpc) is 3.13. The van der Waals surface area contributed by atoms with Crippen LogP contribution in [0.2, 0.25) is 5.02 Å². The molecule has 2 N–H and O–H groups in total. The van der Waals surface area contributed by atoms with Gasteiger partial charge in [-0.1, -0.05) is 11.6 Å². The number of nitrogens with one attached hydrogen (secondary N) is 2. The molecular formula is C18H19ClN4O4. The average molecular weight is 391 g/mol. The van der Waals surface area contributed by atoms with Gasteiger partial charge in [0.1, 0.15) is 6.10 Å².